The van der Waals surface area contributed by atoms with E-state index in [2.05, 4.69) is 11.8 Å². The molecule has 1 aliphatic rings. The molecule has 2 rings (SSSR count). The van der Waals surface area contributed by atoms with E-state index < -0.39 is 6.10 Å². The zero-order valence-electron chi connectivity index (χ0n) is 13.0. The molecule has 21 heavy (non-hydrogen) atoms. The molecule has 0 saturated carbocycles. The van der Waals surface area contributed by atoms with E-state index in [1.54, 1.807) is 14.2 Å². The van der Waals surface area contributed by atoms with Gasteiger partial charge in [0.1, 0.15) is 11.5 Å². The van der Waals surface area contributed by atoms with Crippen molar-refractivity contribution in [3.8, 4) is 11.5 Å². The summed E-state index contributed by atoms with van der Waals surface area (Å²) < 4.78 is 16.2. The van der Waals surface area contributed by atoms with E-state index in [0.717, 1.165) is 37.4 Å². The third kappa shape index (κ3) is 4.09. The second-order valence-electron chi connectivity index (χ2n) is 5.28. The lowest BCUT2D eigenvalue weighted by atomic mass is 10.1. The van der Waals surface area contributed by atoms with Crippen LogP contribution in [0.3, 0.4) is 0 Å². The van der Waals surface area contributed by atoms with E-state index in [4.69, 9.17) is 14.2 Å². The fraction of sp³-hybridized carbons (Fsp3) is 0.625. The summed E-state index contributed by atoms with van der Waals surface area (Å²) in [5, 5.41) is 10.5. The van der Waals surface area contributed by atoms with Crippen LogP contribution in [0.1, 0.15) is 25.0 Å². The van der Waals surface area contributed by atoms with Crippen molar-refractivity contribution in [3.63, 3.8) is 0 Å². The Bertz CT molecular complexity index is 452. The molecule has 2 unspecified atom stereocenters. The molecule has 0 aromatic heterocycles. The van der Waals surface area contributed by atoms with Crippen LogP contribution in [0, 0.1) is 0 Å². The predicted octanol–water partition coefficient (Wildman–Crippen LogP) is 1.85. The Morgan fingerprint density at radius 3 is 2.86 bits per heavy atom. The summed E-state index contributed by atoms with van der Waals surface area (Å²) in [5.74, 6) is 1.40. The first-order valence-electron chi connectivity index (χ1n) is 7.41. The molecule has 1 heterocycles. The van der Waals surface area contributed by atoms with E-state index in [1.807, 2.05) is 18.2 Å². The minimum absolute atomic E-state index is 0.262. The molecule has 0 amide bonds. The summed E-state index contributed by atoms with van der Waals surface area (Å²) in [7, 11) is 3.23. The molecule has 1 aliphatic heterocycles. The van der Waals surface area contributed by atoms with Crippen LogP contribution < -0.4 is 9.47 Å². The number of ether oxygens (including phenoxy) is 3. The summed E-state index contributed by atoms with van der Waals surface area (Å²) >= 11 is 0. The van der Waals surface area contributed by atoms with Gasteiger partial charge in [0.2, 0.25) is 0 Å². The number of aliphatic hydroxyl groups excluding tert-OH is 1. The van der Waals surface area contributed by atoms with Gasteiger partial charge in [-0.05, 0) is 24.6 Å². The van der Waals surface area contributed by atoms with Gasteiger partial charge in [-0.15, -0.1) is 0 Å². The van der Waals surface area contributed by atoms with E-state index in [-0.39, 0.29) is 6.10 Å². The smallest absolute Gasteiger partial charge is 0.124 e. The lowest BCUT2D eigenvalue weighted by molar-refractivity contribution is -0.0419. The predicted molar refractivity (Wildman–Crippen MR) is 81.0 cm³/mol. The molecule has 0 radical (unpaired) electrons. The molecule has 1 aromatic rings. The van der Waals surface area contributed by atoms with Crippen molar-refractivity contribution in [2.75, 3.05) is 40.5 Å². The number of nitrogens with zero attached hydrogens (tertiary/aromatic N) is 1. The number of hydrogen-bond donors (Lipinski definition) is 1. The van der Waals surface area contributed by atoms with Crippen LogP contribution in [0.2, 0.25) is 0 Å². The Morgan fingerprint density at radius 2 is 2.19 bits per heavy atom. The Labute approximate surface area is 126 Å². The van der Waals surface area contributed by atoms with Crippen molar-refractivity contribution in [2.45, 2.75) is 25.6 Å². The van der Waals surface area contributed by atoms with Gasteiger partial charge in [0.15, 0.2) is 0 Å². The lowest BCUT2D eigenvalue weighted by Crippen LogP contribution is -2.43. The van der Waals surface area contributed by atoms with E-state index in [0.29, 0.717) is 12.3 Å². The molecular formula is C16H25NO4. The fourth-order valence-electron chi connectivity index (χ4n) is 2.64. The normalized spacial score (nSPS) is 21.0. The summed E-state index contributed by atoms with van der Waals surface area (Å²) in [6, 6.07) is 5.49. The zero-order valence-corrected chi connectivity index (χ0v) is 13.0. The van der Waals surface area contributed by atoms with Gasteiger partial charge in [-0.2, -0.15) is 0 Å². The Kier molecular flexibility index (Phi) is 5.85. The molecule has 1 saturated heterocycles. The molecule has 2 atom stereocenters. The summed E-state index contributed by atoms with van der Waals surface area (Å²) in [6.07, 6.45) is 0.651. The number of aliphatic hydroxyl groups is 1. The van der Waals surface area contributed by atoms with Gasteiger partial charge in [-0.3, -0.25) is 4.90 Å². The summed E-state index contributed by atoms with van der Waals surface area (Å²) in [4.78, 5) is 2.24. The van der Waals surface area contributed by atoms with E-state index >= 15 is 0 Å². The van der Waals surface area contributed by atoms with Gasteiger partial charge in [0, 0.05) is 25.2 Å². The van der Waals surface area contributed by atoms with Crippen LogP contribution in [0.15, 0.2) is 18.2 Å². The Hall–Kier alpha value is -1.30. The highest BCUT2D eigenvalue weighted by atomic mass is 16.5. The topological polar surface area (TPSA) is 51.2 Å². The average Bonchev–Trinajstić information content (AvgIpc) is 2.54. The molecule has 5 nitrogen and oxygen atoms in total. The minimum Gasteiger partial charge on any atom is -0.497 e. The molecule has 1 fully saturated rings. The lowest BCUT2D eigenvalue weighted by Gasteiger charge is -2.33. The van der Waals surface area contributed by atoms with Crippen LogP contribution in [0.4, 0.5) is 0 Å². The number of methoxy groups -OCH3 is 2. The van der Waals surface area contributed by atoms with Gasteiger partial charge < -0.3 is 19.3 Å². The van der Waals surface area contributed by atoms with Gasteiger partial charge in [0.05, 0.1) is 33.0 Å². The van der Waals surface area contributed by atoms with Gasteiger partial charge in [-0.1, -0.05) is 6.92 Å². The molecule has 0 spiro atoms. The van der Waals surface area contributed by atoms with Crippen LogP contribution in [-0.4, -0.2) is 56.6 Å². The molecular weight excluding hydrogens is 270 g/mol. The molecule has 0 bridgehead atoms. The second kappa shape index (κ2) is 7.64. The van der Waals surface area contributed by atoms with Crippen molar-refractivity contribution in [2.24, 2.45) is 0 Å². The quantitative estimate of drug-likeness (QED) is 0.868. The minimum atomic E-state index is -0.606. The standard InChI is InChI=1S/C16H25NO4/c1-4-12-10-17(7-8-21-12)11-15(18)14-9-13(19-2)5-6-16(14)20-3/h5-6,9,12,15,18H,4,7-8,10-11H2,1-3H3. The van der Waals surface area contributed by atoms with Crippen molar-refractivity contribution < 1.29 is 19.3 Å². The number of hydrogen-bond acceptors (Lipinski definition) is 5. The van der Waals surface area contributed by atoms with Crippen molar-refractivity contribution >= 4 is 0 Å². The molecule has 0 aliphatic carbocycles. The van der Waals surface area contributed by atoms with Crippen LogP contribution >= 0.6 is 0 Å². The highest BCUT2D eigenvalue weighted by Crippen LogP contribution is 2.30. The number of morpholine rings is 1. The van der Waals surface area contributed by atoms with Crippen LogP contribution in [-0.2, 0) is 4.74 Å². The number of benzene rings is 1. The summed E-state index contributed by atoms with van der Waals surface area (Å²) in [6.45, 7) is 5.12. The van der Waals surface area contributed by atoms with Gasteiger partial charge >= 0.3 is 0 Å². The molecule has 5 heteroatoms. The van der Waals surface area contributed by atoms with Gasteiger partial charge in [0.25, 0.3) is 0 Å². The van der Waals surface area contributed by atoms with Crippen molar-refractivity contribution in [3.05, 3.63) is 23.8 Å². The monoisotopic (exact) mass is 295 g/mol. The highest BCUT2D eigenvalue weighted by Gasteiger charge is 2.23. The third-order valence-electron chi connectivity index (χ3n) is 3.91. The Morgan fingerprint density at radius 1 is 1.38 bits per heavy atom. The second-order valence-corrected chi connectivity index (χ2v) is 5.28. The van der Waals surface area contributed by atoms with Crippen LogP contribution in [0.25, 0.3) is 0 Å². The average molecular weight is 295 g/mol. The molecule has 1 aromatic carbocycles. The highest BCUT2D eigenvalue weighted by molar-refractivity contribution is 5.41. The van der Waals surface area contributed by atoms with Gasteiger partial charge in [-0.25, -0.2) is 0 Å². The SMILES string of the molecule is CCC1CN(CC(O)c2cc(OC)ccc2OC)CCO1. The third-order valence-corrected chi connectivity index (χ3v) is 3.91. The first-order chi connectivity index (χ1) is 10.2. The fourth-order valence-corrected chi connectivity index (χ4v) is 2.64. The Balaban J connectivity index is 2.06. The first kappa shape index (κ1) is 16.1. The molecule has 1 N–H and O–H groups in total. The number of rotatable bonds is 6. The number of β-amino-alcohol motifs (C(OH)–C–C–N with tert-alkyl or cyclic N) is 1. The van der Waals surface area contributed by atoms with E-state index in [1.165, 1.54) is 0 Å². The maximum atomic E-state index is 10.5. The zero-order chi connectivity index (χ0) is 15.2. The van der Waals surface area contributed by atoms with Crippen LogP contribution in [0.5, 0.6) is 11.5 Å². The first-order valence-corrected chi connectivity index (χ1v) is 7.41. The largest absolute Gasteiger partial charge is 0.497 e. The van der Waals surface area contributed by atoms with E-state index in [9.17, 15) is 5.11 Å². The van der Waals surface area contributed by atoms with Crippen molar-refractivity contribution in [1.82, 2.24) is 4.90 Å². The molecule has 118 valence electrons. The summed E-state index contributed by atoms with van der Waals surface area (Å²) in [5.41, 5.74) is 0.761. The maximum Gasteiger partial charge on any atom is 0.124 e. The van der Waals surface area contributed by atoms with Crippen molar-refractivity contribution in [1.29, 1.82) is 0 Å². The maximum absolute atomic E-state index is 10.5.